The van der Waals surface area contributed by atoms with E-state index in [-0.39, 0.29) is 60.4 Å². The first kappa shape index (κ1) is 23.9. The second kappa shape index (κ2) is 12.5. The normalized spacial score (nSPS) is 12.5. The smallest absolute Gasteiger partial charge is 0.868 e. The number of hydrogen-bond acceptors (Lipinski definition) is 1. The SMILES string of the molecule is [2H]c1c([2H])c([2H])c(-c2c3ccccc3c(-c3cc4ccccc4c4ccccc34)c3ccccc23)c([2H])c1[2H].[Li+].[O-]c1cccc2ccc[nH+]c12. The molecular formula is C43H29LiNO+. The van der Waals surface area contributed by atoms with Crippen LogP contribution in [0.3, 0.4) is 0 Å². The van der Waals surface area contributed by atoms with E-state index < -0.39 is 0 Å². The zero-order valence-corrected chi connectivity index (χ0v) is 25.2. The van der Waals surface area contributed by atoms with Gasteiger partial charge in [0, 0.05) is 11.5 Å². The fourth-order valence-electron chi connectivity index (χ4n) is 6.45. The molecule has 0 aliphatic rings. The van der Waals surface area contributed by atoms with Crippen molar-refractivity contribution in [3.05, 3.63) is 170 Å². The first-order valence-electron chi connectivity index (χ1n) is 17.3. The standard InChI is InChI=1S/C34H22.C9H7NO.Li/c1-2-12-23(13-3-1)33-28-18-8-10-20-30(28)34(31-21-11-9-19-29(31)33)32-22-24-14-4-5-15-25(24)26-16-6-7-17-27(26)32;11-8-5-1-3-7-4-2-6-10-9(7)8;/h1-22H;1-6,11H;/q;;+1/i1D,2D,3D,12D,13D;;. The Bertz CT molecular complexity index is 2710. The predicted molar refractivity (Wildman–Crippen MR) is 187 cm³/mol. The number of nitrogens with one attached hydrogen (secondary N) is 1. The molecule has 9 aromatic rings. The summed E-state index contributed by atoms with van der Waals surface area (Å²) < 4.78 is 42.3. The van der Waals surface area contributed by atoms with E-state index in [1.165, 1.54) is 10.8 Å². The third-order valence-electron chi connectivity index (χ3n) is 8.38. The maximum Gasteiger partial charge on any atom is 1.00 e. The Labute approximate surface area is 286 Å². The Balaban J connectivity index is 0.000000289. The molecule has 0 saturated heterocycles. The van der Waals surface area contributed by atoms with Crippen LogP contribution in [-0.2, 0) is 0 Å². The van der Waals surface area contributed by atoms with Crippen LogP contribution in [0, 0.1) is 0 Å². The van der Waals surface area contributed by atoms with Gasteiger partial charge >= 0.3 is 18.9 Å². The minimum Gasteiger partial charge on any atom is -0.868 e. The van der Waals surface area contributed by atoms with Gasteiger partial charge in [0.2, 0.25) is 5.52 Å². The first-order chi connectivity index (χ1) is 24.3. The quantitative estimate of drug-likeness (QED) is 0.118. The van der Waals surface area contributed by atoms with Crippen molar-refractivity contribution in [1.29, 1.82) is 0 Å². The third kappa shape index (κ3) is 5.09. The van der Waals surface area contributed by atoms with Gasteiger partial charge in [-0.3, -0.25) is 0 Å². The molecule has 1 aromatic heterocycles. The second-order valence-corrected chi connectivity index (χ2v) is 10.9. The van der Waals surface area contributed by atoms with Gasteiger partial charge in [0.25, 0.3) is 0 Å². The fraction of sp³-hybridized carbons (Fsp3) is 0. The fourth-order valence-corrected chi connectivity index (χ4v) is 6.45. The molecule has 8 aromatic carbocycles. The minimum absolute atomic E-state index is 0. The van der Waals surface area contributed by atoms with Gasteiger partial charge in [0.15, 0.2) is 6.20 Å². The second-order valence-electron chi connectivity index (χ2n) is 10.9. The Morgan fingerprint density at radius 2 is 1.00 bits per heavy atom. The Morgan fingerprint density at radius 3 is 1.65 bits per heavy atom. The van der Waals surface area contributed by atoms with E-state index in [0.29, 0.717) is 11.1 Å². The largest absolute Gasteiger partial charge is 1.00 e. The summed E-state index contributed by atoms with van der Waals surface area (Å²) in [6.07, 6.45) is 1.75. The van der Waals surface area contributed by atoms with Gasteiger partial charge in [0.1, 0.15) is 0 Å². The molecule has 0 unspecified atom stereocenters. The minimum atomic E-state index is -0.387. The van der Waals surface area contributed by atoms with Crippen LogP contribution < -0.4 is 29.0 Å². The molecule has 0 fully saturated rings. The summed E-state index contributed by atoms with van der Waals surface area (Å²) in [5.41, 5.74) is 3.73. The molecule has 0 saturated carbocycles. The van der Waals surface area contributed by atoms with E-state index in [1.54, 1.807) is 18.3 Å². The number of fused-ring (bicyclic) bond motifs is 6. The average molecular weight is 588 g/mol. The van der Waals surface area contributed by atoms with Crippen LogP contribution in [-0.4, -0.2) is 0 Å². The predicted octanol–water partition coefficient (Wildman–Crippen LogP) is 7.36. The van der Waals surface area contributed by atoms with E-state index in [1.807, 2.05) is 54.6 Å². The summed E-state index contributed by atoms with van der Waals surface area (Å²) in [6.45, 7) is 0. The molecule has 46 heavy (non-hydrogen) atoms. The van der Waals surface area contributed by atoms with Crippen molar-refractivity contribution in [3.63, 3.8) is 0 Å². The molecule has 0 bridgehead atoms. The van der Waals surface area contributed by atoms with Crippen molar-refractivity contribution in [2.75, 3.05) is 0 Å². The summed E-state index contributed by atoms with van der Waals surface area (Å²) >= 11 is 0. The maximum atomic E-state index is 11.1. The molecule has 0 aliphatic carbocycles. The summed E-state index contributed by atoms with van der Waals surface area (Å²) in [4.78, 5) is 2.91. The average Bonchev–Trinajstić information content (AvgIpc) is 3.16. The zero-order valence-electron chi connectivity index (χ0n) is 30.2. The number of aromatic amines is 1. The van der Waals surface area contributed by atoms with E-state index in [9.17, 15) is 5.11 Å². The van der Waals surface area contributed by atoms with Gasteiger partial charge in [-0.1, -0.05) is 139 Å². The molecule has 0 radical (unpaired) electrons. The molecule has 0 spiro atoms. The molecule has 2 nitrogen and oxygen atoms in total. The zero-order chi connectivity index (χ0) is 34.5. The van der Waals surface area contributed by atoms with Crippen LogP contribution in [0.15, 0.2) is 170 Å². The number of rotatable bonds is 2. The van der Waals surface area contributed by atoms with Crippen molar-refractivity contribution in [3.8, 4) is 28.0 Å². The van der Waals surface area contributed by atoms with Crippen LogP contribution in [0.1, 0.15) is 6.85 Å². The van der Waals surface area contributed by atoms with Crippen molar-refractivity contribution in [2.24, 2.45) is 0 Å². The van der Waals surface area contributed by atoms with Crippen molar-refractivity contribution in [2.45, 2.75) is 0 Å². The van der Waals surface area contributed by atoms with Gasteiger partial charge in [-0.15, -0.1) is 0 Å². The van der Waals surface area contributed by atoms with Crippen LogP contribution in [0.4, 0.5) is 0 Å². The van der Waals surface area contributed by atoms with E-state index >= 15 is 0 Å². The van der Waals surface area contributed by atoms with Gasteiger partial charge in [-0.2, -0.15) is 0 Å². The molecule has 9 rings (SSSR count). The number of para-hydroxylation sites is 1. The molecule has 1 heterocycles. The van der Waals surface area contributed by atoms with E-state index in [2.05, 4.69) is 71.7 Å². The molecule has 3 heteroatoms. The first-order valence-corrected chi connectivity index (χ1v) is 14.8. The van der Waals surface area contributed by atoms with Crippen molar-refractivity contribution >= 4 is 54.0 Å². The van der Waals surface area contributed by atoms with Crippen LogP contribution in [0.5, 0.6) is 5.75 Å². The number of aromatic nitrogens is 1. The molecule has 0 amide bonds. The molecular weight excluding hydrogens is 553 g/mol. The van der Waals surface area contributed by atoms with E-state index in [0.717, 1.165) is 48.8 Å². The van der Waals surface area contributed by atoms with Gasteiger partial charge in [-0.25, -0.2) is 4.98 Å². The Kier molecular flexibility index (Phi) is 6.52. The monoisotopic (exact) mass is 587 g/mol. The topological polar surface area (TPSA) is 37.2 Å². The summed E-state index contributed by atoms with van der Waals surface area (Å²) in [5, 5.41) is 20.4. The van der Waals surface area contributed by atoms with Gasteiger partial charge in [0.05, 0.1) is 6.85 Å². The number of H-pyrrole nitrogens is 1. The number of hydrogen-bond donors (Lipinski definition) is 0. The molecule has 0 aliphatic heterocycles. The Hall–Kier alpha value is -5.39. The van der Waals surface area contributed by atoms with Crippen LogP contribution in [0.25, 0.3) is 76.2 Å². The van der Waals surface area contributed by atoms with Crippen molar-refractivity contribution in [1.82, 2.24) is 0 Å². The van der Waals surface area contributed by atoms with Crippen LogP contribution >= 0.6 is 0 Å². The third-order valence-corrected chi connectivity index (χ3v) is 8.38. The van der Waals surface area contributed by atoms with Gasteiger partial charge in [-0.05, 0) is 89.3 Å². The summed E-state index contributed by atoms with van der Waals surface area (Å²) in [5.74, 6) is 0.0445. The number of pyridine rings is 1. The number of benzene rings is 8. The molecule has 212 valence electrons. The van der Waals surface area contributed by atoms with Gasteiger partial charge < -0.3 is 5.11 Å². The Morgan fingerprint density at radius 1 is 0.478 bits per heavy atom. The van der Waals surface area contributed by atoms with E-state index in [4.69, 9.17) is 6.85 Å². The molecule has 1 N–H and O–H groups in total. The van der Waals surface area contributed by atoms with Crippen molar-refractivity contribution < 1.29 is 35.8 Å². The maximum absolute atomic E-state index is 11.1. The molecule has 0 atom stereocenters. The summed E-state index contributed by atoms with van der Waals surface area (Å²) in [7, 11) is 0. The summed E-state index contributed by atoms with van der Waals surface area (Å²) in [6, 6.07) is 42.7. The van der Waals surface area contributed by atoms with Crippen LogP contribution in [0.2, 0.25) is 0 Å².